The number of ether oxygens (including phenoxy) is 2. The van der Waals surface area contributed by atoms with Crippen LogP contribution < -0.4 is 9.64 Å². The molecule has 2 aliphatic carbocycles. The number of carbonyl (C=O) groups excluding carboxylic acids is 2. The van der Waals surface area contributed by atoms with Crippen LogP contribution >= 0.6 is 0 Å². The zero-order valence-corrected chi connectivity index (χ0v) is 32.3. The minimum atomic E-state index is -3.07. The van der Waals surface area contributed by atoms with Crippen molar-refractivity contribution >= 4 is 27.1 Å². The van der Waals surface area contributed by atoms with Crippen molar-refractivity contribution < 1.29 is 23.3 Å². The van der Waals surface area contributed by atoms with E-state index in [1.807, 2.05) is 12.1 Å². The first kappa shape index (κ1) is 37.3. The monoisotopic (exact) mass is 730 g/mol. The van der Waals surface area contributed by atoms with Crippen LogP contribution in [0.15, 0.2) is 52.9 Å². The second-order valence-electron chi connectivity index (χ2n) is 16.1. The molecule has 1 saturated heterocycles. The van der Waals surface area contributed by atoms with Crippen molar-refractivity contribution in [1.82, 2.24) is 9.80 Å². The first-order valence-corrected chi connectivity index (χ1v) is 21.6. The molecule has 1 saturated carbocycles. The Labute approximate surface area is 311 Å². The van der Waals surface area contributed by atoms with E-state index in [4.69, 9.17) is 9.47 Å². The van der Waals surface area contributed by atoms with Crippen LogP contribution in [-0.4, -0.2) is 109 Å². The minimum Gasteiger partial charge on any atom is -0.490 e. The van der Waals surface area contributed by atoms with E-state index in [2.05, 4.69) is 63.4 Å². The Bertz CT molecular complexity index is 1780. The number of fused-ring (bicyclic) bond motifs is 4. The third-order valence-electron chi connectivity index (χ3n) is 12.3. The van der Waals surface area contributed by atoms with Gasteiger partial charge in [-0.2, -0.15) is 4.36 Å². The number of anilines is 1. The molecule has 7 rings (SSSR count). The van der Waals surface area contributed by atoms with Crippen molar-refractivity contribution in [1.29, 1.82) is 0 Å². The predicted molar refractivity (Wildman–Crippen MR) is 208 cm³/mol. The van der Waals surface area contributed by atoms with Crippen molar-refractivity contribution in [2.75, 3.05) is 82.5 Å². The zero-order valence-electron chi connectivity index (χ0n) is 31.5. The summed E-state index contributed by atoms with van der Waals surface area (Å²) in [5.74, 6) is 0.940. The summed E-state index contributed by atoms with van der Waals surface area (Å²) >= 11 is 0. The second-order valence-corrected chi connectivity index (χ2v) is 18.5. The van der Waals surface area contributed by atoms with Crippen LogP contribution in [0.25, 0.3) is 0 Å². The summed E-state index contributed by atoms with van der Waals surface area (Å²) in [4.78, 5) is 33.8. The number of aryl methyl sites for hydroxylation is 2. The van der Waals surface area contributed by atoms with E-state index in [9.17, 15) is 13.8 Å². The number of piperazine rings is 1. The number of ketones is 1. The molecule has 2 fully saturated rings. The molecule has 1 spiro atoms. The van der Waals surface area contributed by atoms with Crippen LogP contribution in [0.4, 0.5) is 5.69 Å². The number of hydrogen-bond donors (Lipinski definition) is 0. The first-order valence-electron chi connectivity index (χ1n) is 19.7. The molecule has 9 nitrogen and oxygen atoms in total. The molecule has 2 aromatic rings. The van der Waals surface area contributed by atoms with Gasteiger partial charge < -0.3 is 19.3 Å². The van der Waals surface area contributed by atoms with Crippen LogP contribution in [-0.2, 0) is 31.1 Å². The molecule has 5 atom stereocenters. The summed E-state index contributed by atoms with van der Waals surface area (Å²) in [7, 11) is -0.887. The Balaban J connectivity index is 1.23. The quantitative estimate of drug-likeness (QED) is 0.318. The van der Waals surface area contributed by atoms with Crippen LogP contribution in [0.3, 0.4) is 0 Å². The Morgan fingerprint density at radius 3 is 2.73 bits per heavy atom. The Kier molecular flexibility index (Phi) is 11.6. The number of amides is 1. The molecule has 5 aliphatic rings. The summed E-state index contributed by atoms with van der Waals surface area (Å²) in [5, 5.41) is 0. The summed E-state index contributed by atoms with van der Waals surface area (Å²) in [6.45, 7) is 12.1. The average Bonchev–Trinajstić information content (AvgIpc) is 3.26. The molecule has 0 N–H and O–H groups in total. The smallest absolute Gasteiger partial charge is 0.285 e. The zero-order chi connectivity index (χ0) is 36.3. The number of nitrogens with zero attached hydrogens (tertiary/aromatic N) is 4. The largest absolute Gasteiger partial charge is 0.490 e. The number of hydrogen-bond acceptors (Lipinski definition) is 8. The van der Waals surface area contributed by atoms with E-state index in [0.29, 0.717) is 43.5 Å². The molecule has 282 valence electrons. The lowest BCUT2D eigenvalue weighted by molar-refractivity contribution is -0.116. The van der Waals surface area contributed by atoms with Gasteiger partial charge in [-0.1, -0.05) is 42.8 Å². The number of likely N-dealkylation sites (N-methyl/N-ethyl adjacent to an activating group) is 1. The number of benzene rings is 2. The third kappa shape index (κ3) is 8.35. The Hall–Kier alpha value is -3.05. The average molecular weight is 731 g/mol. The van der Waals surface area contributed by atoms with Gasteiger partial charge in [-0.05, 0) is 100 Å². The van der Waals surface area contributed by atoms with Crippen molar-refractivity contribution in [3.63, 3.8) is 0 Å². The number of allylic oxidation sites excluding steroid dienone is 1. The molecule has 1 amide bonds. The highest BCUT2D eigenvalue weighted by atomic mass is 32.2. The molecule has 3 heterocycles. The molecule has 3 aliphatic heterocycles. The van der Waals surface area contributed by atoms with Gasteiger partial charge in [0.1, 0.15) is 11.5 Å². The molecular formula is C42H58N4O5S. The van der Waals surface area contributed by atoms with Crippen LogP contribution in [0.5, 0.6) is 5.75 Å². The maximum absolute atomic E-state index is 14.2. The van der Waals surface area contributed by atoms with Gasteiger partial charge in [0.05, 0.1) is 40.5 Å². The topological polar surface area (TPSA) is 91.8 Å². The second kappa shape index (κ2) is 16.1. The van der Waals surface area contributed by atoms with Crippen LogP contribution in [0, 0.1) is 18.8 Å². The molecule has 0 radical (unpaired) electrons. The molecular weight excluding hydrogens is 673 g/mol. The van der Waals surface area contributed by atoms with Crippen LogP contribution in [0.1, 0.15) is 78.9 Å². The van der Waals surface area contributed by atoms with Gasteiger partial charge in [0.2, 0.25) is 0 Å². The van der Waals surface area contributed by atoms with Gasteiger partial charge in [-0.15, -0.1) is 0 Å². The maximum atomic E-state index is 14.2. The van der Waals surface area contributed by atoms with Gasteiger partial charge in [0.15, 0.2) is 0 Å². The van der Waals surface area contributed by atoms with E-state index < -0.39 is 15.6 Å². The lowest BCUT2D eigenvalue weighted by Gasteiger charge is -2.46. The van der Waals surface area contributed by atoms with Gasteiger partial charge in [-0.3, -0.25) is 14.5 Å². The highest BCUT2D eigenvalue weighted by Gasteiger charge is 2.44. The number of carbonyl (C=O) groups is 2. The van der Waals surface area contributed by atoms with E-state index >= 15 is 0 Å². The lowest BCUT2D eigenvalue weighted by atomic mass is 9.68. The van der Waals surface area contributed by atoms with E-state index in [-0.39, 0.29) is 35.2 Å². The summed E-state index contributed by atoms with van der Waals surface area (Å²) in [6.07, 6.45) is 11.4. The Morgan fingerprint density at radius 2 is 1.94 bits per heavy atom. The fraction of sp³-hybridized carbons (Fsp3) is 0.619. The highest BCUT2D eigenvalue weighted by molar-refractivity contribution is 7.94. The van der Waals surface area contributed by atoms with Gasteiger partial charge in [0.25, 0.3) is 5.91 Å². The normalized spacial score (nSPS) is 30.6. The molecule has 2 bridgehead atoms. The van der Waals surface area contributed by atoms with Crippen molar-refractivity contribution in [2.24, 2.45) is 16.2 Å². The molecule has 0 unspecified atom stereocenters. The number of Topliss-reactive ketones (excluding diaryl/α,β-unsaturated/α-hetero) is 1. The SMILES string of the molecule is CCC(=O)C[S@@]1(=O)=NC(=O)c2ccc3c(c2)N(C[C@@H]2CC[C@H]2[C@@H](OCCN2CCN(C)CC2)/C=C/CCC1)C[C@@]1(CCCc2cc(C)ccc21)CO3. The minimum absolute atomic E-state index is 0.00205. The lowest BCUT2D eigenvalue weighted by Crippen LogP contribution is -2.50. The van der Waals surface area contributed by atoms with Gasteiger partial charge in [-0.25, -0.2) is 4.21 Å². The predicted octanol–water partition coefficient (Wildman–Crippen LogP) is 6.06. The van der Waals surface area contributed by atoms with Crippen molar-refractivity contribution in [2.45, 2.75) is 76.7 Å². The molecule has 2 aromatic carbocycles. The van der Waals surface area contributed by atoms with E-state index in [1.54, 1.807) is 13.0 Å². The number of rotatable bonds is 7. The molecule has 0 aromatic heterocycles. The van der Waals surface area contributed by atoms with Crippen molar-refractivity contribution in [3.05, 3.63) is 70.8 Å². The summed E-state index contributed by atoms with van der Waals surface area (Å²) < 4.78 is 32.0. The van der Waals surface area contributed by atoms with E-state index in [0.717, 1.165) is 89.4 Å². The first-order chi connectivity index (χ1) is 25.1. The summed E-state index contributed by atoms with van der Waals surface area (Å²) in [6, 6.07) is 12.5. The van der Waals surface area contributed by atoms with Crippen LogP contribution in [0.2, 0.25) is 0 Å². The highest BCUT2D eigenvalue weighted by Crippen LogP contribution is 2.47. The van der Waals surface area contributed by atoms with Gasteiger partial charge >= 0.3 is 0 Å². The van der Waals surface area contributed by atoms with E-state index in [1.165, 1.54) is 16.7 Å². The fourth-order valence-corrected chi connectivity index (χ4v) is 11.1. The Morgan fingerprint density at radius 1 is 1.10 bits per heavy atom. The maximum Gasteiger partial charge on any atom is 0.285 e. The van der Waals surface area contributed by atoms with Crippen molar-refractivity contribution in [3.8, 4) is 5.75 Å². The molecule has 52 heavy (non-hydrogen) atoms. The fourth-order valence-electron chi connectivity index (χ4n) is 9.02. The third-order valence-corrected chi connectivity index (χ3v) is 14.5. The summed E-state index contributed by atoms with van der Waals surface area (Å²) in [5.41, 5.74) is 5.20. The standard InChI is InChI=1S/C42H58N4O5S/c1-4-35(47)28-52(49)24-7-5-6-10-39(50-23-22-45-20-18-44(3)19-21-45)36-14-12-34(36)27-46-29-42(17-8-9-32-25-31(2)11-15-37(32)42)30-51-40-16-13-33(26-38(40)46)41(48)43-52/h6,10-11,13,15-16,25-26,34,36,39H,4-5,7-9,12,14,17-24,27-30H2,1-3H3/b10-6+/t34-,36+,39-,42-,52+/m0/s1. The molecule has 10 heteroatoms. The van der Waals surface area contributed by atoms with Gasteiger partial charge in [0, 0.05) is 69.0 Å².